The fourth-order valence-electron chi connectivity index (χ4n) is 6.97. The lowest BCUT2D eigenvalue weighted by atomic mass is 9.58. The van der Waals surface area contributed by atoms with Crippen LogP contribution in [0.5, 0.6) is 5.75 Å². The Labute approximate surface area is 189 Å². The molecule has 1 N–H and O–H groups in total. The molecule has 1 unspecified atom stereocenters. The van der Waals surface area contributed by atoms with Gasteiger partial charge in [-0.25, -0.2) is 9.67 Å². The molecule has 2 bridgehead atoms. The summed E-state index contributed by atoms with van der Waals surface area (Å²) in [4.78, 5) is 16.5. The minimum atomic E-state index is 0.0336. The standard InChI is InChI=1S/C25H34N4O3/c1-5-21(30)28-23-24(2,3)18-11-19-22(32-9-8-25(19,23)12-18)16-6-7-20(31-4)17(10-16)13-29-15-26-14-27-29/h6-7,10,14-15,18-19,22-23H,5,8-9,11-13H2,1-4H3,(H,28,30)/t18-,19-,22-,23-,25?/m1/s1. The Hall–Kier alpha value is -2.41. The Morgan fingerprint density at radius 1 is 1.38 bits per heavy atom. The lowest BCUT2D eigenvalue weighted by Gasteiger charge is -2.53. The summed E-state index contributed by atoms with van der Waals surface area (Å²) >= 11 is 0. The summed E-state index contributed by atoms with van der Waals surface area (Å²) in [5, 5.41) is 7.69. The molecular formula is C25H34N4O3. The van der Waals surface area contributed by atoms with Crippen molar-refractivity contribution >= 4 is 5.91 Å². The predicted molar refractivity (Wildman–Crippen MR) is 120 cm³/mol. The minimum Gasteiger partial charge on any atom is -0.496 e. The number of hydrogen-bond donors (Lipinski definition) is 1. The Bertz CT molecular complexity index is 989. The monoisotopic (exact) mass is 438 g/mol. The second-order valence-corrected chi connectivity index (χ2v) is 10.4. The van der Waals surface area contributed by atoms with Gasteiger partial charge in [0.2, 0.25) is 5.91 Å². The highest BCUT2D eigenvalue weighted by Gasteiger charge is 2.68. The van der Waals surface area contributed by atoms with Crippen LogP contribution in [0.25, 0.3) is 0 Å². The van der Waals surface area contributed by atoms with Crippen LogP contribution in [-0.2, 0) is 16.1 Å². The highest BCUT2D eigenvalue weighted by molar-refractivity contribution is 5.76. The molecule has 3 aliphatic rings. The van der Waals surface area contributed by atoms with E-state index < -0.39 is 0 Å². The van der Waals surface area contributed by atoms with E-state index in [1.54, 1.807) is 24.4 Å². The maximum atomic E-state index is 12.5. The van der Waals surface area contributed by atoms with Gasteiger partial charge in [-0.3, -0.25) is 4.79 Å². The molecule has 1 saturated heterocycles. The summed E-state index contributed by atoms with van der Waals surface area (Å²) in [6, 6.07) is 6.59. The molecule has 7 nitrogen and oxygen atoms in total. The summed E-state index contributed by atoms with van der Waals surface area (Å²) in [6.45, 7) is 7.96. The van der Waals surface area contributed by atoms with Crippen LogP contribution >= 0.6 is 0 Å². The van der Waals surface area contributed by atoms with E-state index in [1.165, 1.54) is 12.0 Å². The van der Waals surface area contributed by atoms with Gasteiger partial charge in [0.25, 0.3) is 0 Å². The van der Waals surface area contributed by atoms with Gasteiger partial charge in [0, 0.05) is 24.6 Å². The first-order valence-electron chi connectivity index (χ1n) is 11.8. The maximum absolute atomic E-state index is 12.5. The lowest BCUT2D eigenvalue weighted by Crippen LogP contribution is -2.58. The molecular weight excluding hydrogens is 404 g/mol. The molecule has 2 heterocycles. The van der Waals surface area contributed by atoms with Gasteiger partial charge >= 0.3 is 0 Å². The van der Waals surface area contributed by atoms with Crippen molar-refractivity contribution in [1.29, 1.82) is 0 Å². The van der Waals surface area contributed by atoms with Crippen LogP contribution in [0.15, 0.2) is 30.9 Å². The zero-order chi connectivity index (χ0) is 22.5. The zero-order valence-corrected chi connectivity index (χ0v) is 19.5. The first kappa shape index (κ1) is 21.4. The van der Waals surface area contributed by atoms with Crippen LogP contribution in [0.1, 0.15) is 63.7 Å². The molecule has 2 aromatic rings. The molecule has 1 aromatic heterocycles. The van der Waals surface area contributed by atoms with Gasteiger partial charge in [0.05, 0.1) is 19.8 Å². The predicted octanol–water partition coefficient (Wildman–Crippen LogP) is 3.74. The van der Waals surface area contributed by atoms with E-state index in [0.717, 1.165) is 30.8 Å². The molecule has 7 heteroatoms. The average molecular weight is 439 g/mol. The van der Waals surface area contributed by atoms with E-state index in [0.29, 0.717) is 24.8 Å². The molecule has 5 rings (SSSR count). The fraction of sp³-hybridized carbons (Fsp3) is 0.640. The Morgan fingerprint density at radius 2 is 2.22 bits per heavy atom. The number of ether oxygens (including phenoxy) is 2. The Balaban J connectivity index is 1.48. The number of nitrogens with one attached hydrogen (secondary N) is 1. The van der Waals surface area contributed by atoms with Gasteiger partial charge in [-0.1, -0.05) is 26.8 Å². The van der Waals surface area contributed by atoms with Crippen LogP contribution in [0, 0.1) is 22.7 Å². The van der Waals surface area contributed by atoms with Gasteiger partial charge < -0.3 is 14.8 Å². The van der Waals surface area contributed by atoms with Crippen LogP contribution in [0.2, 0.25) is 0 Å². The maximum Gasteiger partial charge on any atom is 0.219 e. The van der Waals surface area contributed by atoms with Gasteiger partial charge in [-0.2, -0.15) is 5.10 Å². The topological polar surface area (TPSA) is 78.3 Å². The van der Waals surface area contributed by atoms with Crippen molar-refractivity contribution in [2.24, 2.45) is 22.7 Å². The first-order chi connectivity index (χ1) is 15.4. The van der Waals surface area contributed by atoms with Crippen molar-refractivity contribution < 1.29 is 14.3 Å². The third-order valence-electron chi connectivity index (χ3n) is 8.56. The van der Waals surface area contributed by atoms with E-state index in [-0.39, 0.29) is 28.9 Å². The zero-order valence-electron chi connectivity index (χ0n) is 19.5. The number of fused-ring (bicyclic) bond motifs is 1. The van der Waals surface area contributed by atoms with Crippen molar-refractivity contribution in [1.82, 2.24) is 20.1 Å². The second kappa shape index (κ2) is 7.87. The highest BCUT2D eigenvalue weighted by atomic mass is 16.5. The van der Waals surface area contributed by atoms with E-state index in [2.05, 4.69) is 41.4 Å². The molecule has 1 amide bonds. The molecule has 1 spiro atoms. The first-order valence-corrected chi connectivity index (χ1v) is 11.8. The van der Waals surface area contributed by atoms with E-state index in [1.807, 2.05) is 13.0 Å². The van der Waals surface area contributed by atoms with E-state index >= 15 is 0 Å². The third-order valence-corrected chi connectivity index (χ3v) is 8.56. The average Bonchev–Trinajstić information content (AvgIpc) is 3.48. The molecule has 1 aromatic carbocycles. The van der Waals surface area contributed by atoms with Crippen LogP contribution < -0.4 is 10.1 Å². The Kier molecular flexibility index (Phi) is 5.27. The van der Waals surface area contributed by atoms with Crippen molar-refractivity contribution in [3.8, 4) is 5.75 Å². The van der Waals surface area contributed by atoms with Gasteiger partial charge in [0.1, 0.15) is 18.4 Å². The number of benzene rings is 1. The smallest absolute Gasteiger partial charge is 0.219 e. The quantitative estimate of drug-likeness (QED) is 0.743. The molecule has 2 aliphatic carbocycles. The number of carbonyl (C=O) groups is 1. The van der Waals surface area contributed by atoms with E-state index in [4.69, 9.17) is 9.47 Å². The number of amides is 1. The van der Waals surface area contributed by atoms with Crippen LogP contribution in [0.3, 0.4) is 0 Å². The number of hydrogen-bond acceptors (Lipinski definition) is 5. The van der Waals surface area contributed by atoms with Crippen LogP contribution in [0.4, 0.5) is 0 Å². The molecule has 3 fully saturated rings. The summed E-state index contributed by atoms with van der Waals surface area (Å²) in [5.41, 5.74) is 2.48. The largest absolute Gasteiger partial charge is 0.496 e. The molecule has 1 aliphatic heterocycles. The minimum absolute atomic E-state index is 0.0336. The number of aromatic nitrogens is 3. The van der Waals surface area contributed by atoms with Crippen molar-refractivity contribution in [2.75, 3.05) is 13.7 Å². The van der Waals surface area contributed by atoms with Gasteiger partial charge in [-0.15, -0.1) is 0 Å². The van der Waals surface area contributed by atoms with Crippen molar-refractivity contribution in [3.63, 3.8) is 0 Å². The normalized spacial score (nSPS) is 32.5. The fourth-order valence-corrected chi connectivity index (χ4v) is 6.97. The number of carbonyl (C=O) groups excluding carboxylic acids is 1. The highest BCUT2D eigenvalue weighted by Crippen LogP contribution is 2.70. The summed E-state index contributed by atoms with van der Waals surface area (Å²) < 4.78 is 13.9. The van der Waals surface area contributed by atoms with Gasteiger partial charge in [0.15, 0.2) is 0 Å². The second-order valence-electron chi connectivity index (χ2n) is 10.4. The number of methoxy groups -OCH3 is 1. The lowest BCUT2D eigenvalue weighted by molar-refractivity contribution is -0.137. The summed E-state index contributed by atoms with van der Waals surface area (Å²) in [7, 11) is 1.70. The molecule has 0 radical (unpaired) electrons. The SMILES string of the molecule is CCC(=O)N[C@@H]1C(C)(C)[C@@H]2C[C@@H]3[C@@H](c4ccc(OC)c(Cn5cncn5)c4)OCCC31C2. The molecule has 2 saturated carbocycles. The van der Waals surface area contributed by atoms with Crippen LogP contribution in [-0.4, -0.2) is 40.4 Å². The summed E-state index contributed by atoms with van der Waals surface area (Å²) in [6.07, 6.45) is 7.18. The van der Waals surface area contributed by atoms with E-state index in [9.17, 15) is 4.79 Å². The van der Waals surface area contributed by atoms with Gasteiger partial charge in [-0.05, 0) is 59.6 Å². The molecule has 172 valence electrons. The van der Waals surface area contributed by atoms with Crippen molar-refractivity contribution in [2.45, 2.75) is 65.1 Å². The molecule has 32 heavy (non-hydrogen) atoms. The molecule has 5 atom stereocenters. The van der Waals surface area contributed by atoms with Crippen molar-refractivity contribution in [3.05, 3.63) is 42.0 Å². The summed E-state index contributed by atoms with van der Waals surface area (Å²) in [5.74, 6) is 2.01. The number of nitrogens with zero attached hydrogens (tertiary/aromatic N) is 3. The Morgan fingerprint density at radius 3 is 2.94 bits per heavy atom. The number of rotatable bonds is 6. The third kappa shape index (κ3) is 3.24.